The first-order valence-corrected chi connectivity index (χ1v) is 22.3. The summed E-state index contributed by atoms with van der Waals surface area (Å²) in [5, 5.41) is 0. The van der Waals surface area contributed by atoms with Gasteiger partial charge in [-0.15, -0.1) is 0 Å². The van der Waals surface area contributed by atoms with Gasteiger partial charge in [-0.2, -0.15) is 0 Å². The van der Waals surface area contributed by atoms with Crippen LogP contribution in [0.3, 0.4) is 0 Å². The van der Waals surface area contributed by atoms with Crippen molar-refractivity contribution in [1.29, 1.82) is 0 Å². The molecule has 5 atom stereocenters. The van der Waals surface area contributed by atoms with Gasteiger partial charge in [0.25, 0.3) is 0 Å². The standard InChI is InChI=1S/C35H53P3/c1-4-19-28-20-15-16-23-31(28)34-30(5-2)32-24-17-18-25-33(32)35(34)38(3,27-26-36-37-38)29-21-13-11-9-7-6-8-10-12-14-22-29/h15-18,20,23-27,29-30,32-35H,4-14,19,21-22H2,1-3H3. The van der Waals surface area contributed by atoms with Crippen LogP contribution in [0, 0.1) is 17.8 Å². The molecule has 0 aromatic heterocycles. The molecule has 4 aliphatic rings. The molecule has 0 nitrogen and oxygen atoms in total. The molecule has 5 rings (SSSR count). The van der Waals surface area contributed by atoms with Gasteiger partial charge in [0.05, 0.1) is 0 Å². The van der Waals surface area contributed by atoms with Crippen LogP contribution in [0.2, 0.25) is 0 Å². The molecule has 2 fully saturated rings. The van der Waals surface area contributed by atoms with Crippen LogP contribution < -0.4 is 0 Å². The zero-order valence-electron chi connectivity index (χ0n) is 24.5. The van der Waals surface area contributed by atoms with Crippen LogP contribution in [0.4, 0.5) is 0 Å². The second-order valence-corrected chi connectivity index (χ2v) is 25.1. The molecule has 0 saturated heterocycles. The first kappa shape index (κ1) is 29.0. The quantitative estimate of drug-likeness (QED) is 0.300. The van der Waals surface area contributed by atoms with Crippen LogP contribution in [0.1, 0.15) is 114 Å². The first-order valence-electron chi connectivity index (χ1n) is 16.2. The van der Waals surface area contributed by atoms with E-state index in [1.165, 1.54) is 89.9 Å². The van der Waals surface area contributed by atoms with Crippen molar-refractivity contribution in [2.24, 2.45) is 17.8 Å². The van der Waals surface area contributed by atoms with Gasteiger partial charge in [0.1, 0.15) is 0 Å². The number of rotatable bonds is 6. The van der Waals surface area contributed by atoms with Gasteiger partial charge in [-0.25, -0.2) is 0 Å². The summed E-state index contributed by atoms with van der Waals surface area (Å²) in [6.07, 6.45) is 27.8. The van der Waals surface area contributed by atoms with Crippen LogP contribution in [0.25, 0.3) is 0 Å². The molecule has 208 valence electrons. The van der Waals surface area contributed by atoms with Gasteiger partial charge in [-0.05, 0) is 0 Å². The zero-order chi connectivity index (χ0) is 26.5. The third-order valence-electron chi connectivity index (χ3n) is 11.0. The Kier molecular flexibility index (Phi) is 9.89. The molecule has 0 N–H and O–H groups in total. The molecule has 38 heavy (non-hydrogen) atoms. The van der Waals surface area contributed by atoms with E-state index < -0.39 is 6.29 Å². The predicted molar refractivity (Wildman–Crippen MR) is 176 cm³/mol. The number of aryl methyl sites for hydroxylation is 1. The topological polar surface area (TPSA) is 0 Å². The molecule has 1 aliphatic heterocycles. The molecule has 0 bridgehead atoms. The van der Waals surface area contributed by atoms with Crippen molar-refractivity contribution in [3.63, 3.8) is 0 Å². The average Bonchev–Trinajstić information content (AvgIpc) is 3.50. The van der Waals surface area contributed by atoms with Gasteiger partial charge in [-0.1, -0.05) is 0 Å². The third-order valence-corrected chi connectivity index (χ3v) is 27.3. The molecule has 0 amide bonds. The van der Waals surface area contributed by atoms with E-state index in [0.717, 1.165) is 17.2 Å². The monoisotopic (exact) mass is 566 g/mol. The Bertz CT molecular complexity index is 1030. The second-order valence-electron chi connectivity index (χ2n) is 13.1. The fourth-order valence-electron chi connectivity index (χ4n) is 9.12. The van der Waals surface area contributed by atoms with Crippen molar-refractivity contribution in [3.05, 3.63) is 71.3 Å². The number of benzene rings is 1. The summed E-state index contributed by atoms with van der Waals surface area (Å²) in [7, 11) is 3.38. The molecule has 1 aromatic carbocycles. The molecule has 0 spiro atoms. The molecule has 2 saturated carbocycles. The molecule has 1 aromatic rings. The van der Waals surface area contributed by atoms with Crippen LogP contribution >= 0.6 is 21.7 Å². The maximum atomic E-state index is 2.94. The summed E-state index contributed by atoms with van der Waals surface area (Å²) in [4.78, 5) is 0. The van der Waals surface area contributed by atoms with Crippen LogP contribution in [-0.4, -0.2) is 18.0 Å². The summed E-state index contributed by atoms with van der Waals surface area (Å²) in [5.41, 5.74) is 5.08. The molecule has 0 radical (unpaired) electrons. The Hall–Kier alpha value is -0.530. The molecule has 1 heterocycles. The van der Waals surface area contributed by atoms with Gasteiger partial charge in [0.2, 0.25) is 0 Å². The minimum atomic E-state index is -2.21. The fraction of sp³-hybridized carbons (Fsp3) is 0.657. The van der Waals surface area contributed by atoms with E-state index in [1.54, 1.807) is 26.6 Å². The van der Waals surface area contributed by atoms with Crippen molar-refractivity contribution in [2.45, 2.75) is 121 Å². The van der Waals surface area contributed by atoms with Crippen molar-refractivity contribution >= 4 is 21.7 Å². The molecule has 3 aliphatic carbocycles. The molecule has 5 unspecified atom stereocenters. The van der Waals surface area contributed by atoms with Gasteiger partial charge >= 0.3 is 238 Å². The fourth-order valence-corrected chi connectivity index (χ4v) is 27.1. The summed E-state index contributed by atoms with van der Waals surface area (Å²) >= 11 is 0. The normalized spacial score (nSPS) is 35.0. The Balaban J connectivity index is 1.63. The number of allylic oxidation sites excluding steroid dienone is 4. The molecular formula is C35H53P3. The molecular weight excluding hydrogens is 513 g/mol. The van der Waals surface area contributed by atoms with E-state index >= 15 is 0 Å². The summed E-state index contributed by atoms with van der Waals surface area (Å²) in [6.45, 7) is 7.78. The van der Waals surface area contributed by atoms with E-state index in [-0.39, 0.29) is 0 Å². The van der Waals surface area contributed by atoms with Crippen molar-refractivity contribution in [3.8, 4) is 0 Å². The van der Waals surface area contributed by atoms with E-state index in [0.29, 0.717) is 17.8 Å². The second kappa shape index (κ2) is 13.0. The van der Waals surface area contributed by atoms with Gasteiger partial charge in [-0.3, -0.25) is 0 Å². The first-order chi connectivity index (χ1) is 18.6. The predicted octanol–water partition coefficient (Wildman–Crippen LogP) is 12.6. The van der Waals surface area contributed by atoms with Gasteiger partial charge < -0.3 is 0 Å². The zero-order valence-corrected chi connectivity index (χ0v) is 27.2. The summed E-state index contributed by atoms with van der Waals surface area (Å²) in [6, 6.07) is 9.70. The summed E-state index contributed by atoms with van der Waals surface area (Å²) < 4.78 is 0. The minimum absolute atomic E-state index is 0.694. The van der Waals surface area contributed by atoms with Crippen LogP contribution in [0.15, 0.2) is 60.2 Å². The number of hydrogen-bond donors (Lipinski definition) is 0. The third kappa shape index (κ3) is 5.51. The van der Waals surface area contributed by atoms with Crippen molar-refractivity contribution < 1.29 is 0 Å². The Morgan fingerprint density at radius 2 is 1.45 bits per heavy atom. The summed E-state index contributed by atoms with van der Waals surface area (Å²) in [5.74, 6) is 8.43. The SMILES string of the molecule is CCCc1ccccc1C1C(CC)C2C=CC=CC2C1P1(C)(C2CCCCCCCCCCC2)C=CP=P1. The van der Waals surface area contributed by atoms with E-state index in [1.807, 2.05) is 0 Å². The van der Waals surface area contributed by atoms with E-state index in [4.69, 9.17) is 0 Å². The Morgan fingerprint density at radius 1 is 0.816 bits per heavy atom. The average molecular weight is 567 g/mol. The van der Waals surface area contributed by atoms with Gasteiger partial charge in [0, 0.05) is 0 Å². The van der Waals surface area contributed by atoms with E-state index in [2.05, 4.69) is 80.7 Å². The maximum absolute atomic E-state index is 2.94. The Labute approximate surface area is 237 Å². The Morgan fingerprint density at radius 3 is 2.05 bits per heavy atom. The van der Waals surface area contributed by atoms with Crippen molar-refractivity contribution in [1.82, 2.24) is 0 Å². The van der Waals surface area contributed by atoms with Crippen LogP contribution in [0.5, 0.6) is 0 Å². The number of hydrogen-bond acceptors (Lipinski definition) is 0. The van der Waals surface area contributed by atoms with E-state index in [9.17, 15) is 0 Å². The van der Waals surface area contributed by atoms with Gasteiger partial charge in [0.15, 0.2) is 0 Å². The number of fused-ring (bicyclic) bond motifs is 1. The molecule has 3 heteroatoms. The van der Waals surface area contributed by atoms with Crippen molar-refractivity contribution in [2.75, 3.05) is 6.66 Å². The van der Waals surface area contributed by atoms with Crippen LogP contribution in [-0.2, 0) is 6.42 Å².